The molecule has 0 amide bonds. The molecule has 0 aliphatic heterocycles. The fourth-order valence-corrected chi connectivity index (χ4v) is 0.886. The van der Waals surface area contributed by atoms with E-state index in [1.807, 2.05) is 0 Å². The van der Waals surface area contributed by atoms with Gasteiger partial charge in [0.2, 0.25) is 0 Å². The van der Waals surface area contributed by atoms with Crippen LogP contribution >= 0.6 is 0 Å². The highest BCUT2D eigenvalue weighted by Crippen LogP contribution is 2.42. The minimum Gasteiger partial charge on any atom is -0.371 e. The SMILES string of the molecule is CCOC(CC(F)(F)F)C(F)(F)C(F)(F)F. The smallest absolute Gasteiger partial charge is 0.371 e. The van der Waals surface area contributed by atoms with Crippen LogP contribution in [0.25, 0.3) is 0 Å². The molecule has 0 spiro atoms. The molecule has 0 saturated carbocycles. The van der Waals surface area contributed by atoms with Crippen molar-refractivity contribution in [2.24, 2.45) is 0 Å². The lowest BCUT2D eigenvalue weighted by molar-refractivity contribution is -0.328. The van der Waals surface area contributed by atoms with Crippen molar-refractivity contribution in [3.05, 3.63) is 0 Å². The molecule has 0 aliphatic carbocycles. The summed E-state index contributed by atoms with van der Waals surface area (Å²) in [5.74, 6) is -5.53. The van der Waals surface area contributed by atoms with Crippen LogP contribution in [0.2, 0.25) is 0 Å². The van der Waals surface area contributed by atoms with Gasteiger partial charge in [-0.05, 0) is 6.92 Å². The predicted octanol–water partition coefficient (Wildman–Crippen LogP) is 3.54. The fourth-order valence-electron chi connectivity index (χ4n) is 0.886. The molecule has 16 heavy (non-hydrogen) atoms. The molecule has 0 radical (unpaired) electrons. The van der Waals surface area contributed by atoms with Gasteiger partial charge in [-0.25, -0.2) is 0 Å². The Labute approximate surface area is 85.4 Å². The van der Waals surface area contributed by atoms with E-state index in [1.54, 1.807) is 0 Å². The van der Waals surface area contributed by atoms with E-state index >= 15 is 0 Å². The lowest BCUT2D eigenvalue weighted by Gasteiger charge is -2.28. The maximum Gasteiger partial charge on any atom is 0.456 e. The topological polar surface area (TPSA) is 9.23 Å². The molecule has 0 rings (SSSR count). The Hall–Kier alpha value is -0.600. The summed E-state index contributed by atoms with van der Waals surface area (Å²) in [7, 11) is 0. The Bertz CT molecular complexity index is 217. The lowest BCUT2D eigenvalue weighted by atomic mass is 10.1. The van der Waals surface area contributed by atoms with Crippen molar-refractivity contribution < 1.29 is 39.9 Å². The van der Waals surface area contributed by atoms with Gasteiger partial charge in [-0.3, -0.25) is 0 Å². The van der Waals surface area contributed by atoms with Gasteiger partial charge in [-0.15, -0.1) is 0 Å². The van der Waals surface area contributed by atoms with Crippen molar-refractivity contribution in [3.8, 4) is 0 Å². The van der Waals surface area contributed by atoms with E-state index in [-0.39, 0.29) is 0 Å². The molecule has 0 bridgehead atoms. The molecule has 9 heteroatoms. The van der Waals surface area contributed by atoms with Gasteiger partial charge in [0.25, 0.3) is 0 Å². The van der Waals surface area contributed by atoms with Crippen LogP contribution in [-0.2, 0) is 4.74 Å². The highest BCUT2D eigenvalue weighted by Gasteiger charge is 2.64. The van der Waals surface area contributed by atoms with Gasteiger partial charge in [-0.2, -0.15) is 35.1 Å². The zero-order valence-electron chi connectivity index (χ0n) is 7.92. The van der Waals surface area contributed by atoms with Crippen LogP contribution in [0.3, 0.4) is 0 Å². The van der Waals surface area contributed by atoms with Crippen LogP contribution in [0.4, 0.5) is 35.1 Å². The molecular weight excluding hydrogens is 252 g/mol. The second-order valence-corrected chi connectivity index (χ2v) is 2.88. The summed E-state index contributed by atoms with van der Waals surface area (Å²) in [6, 6.07) is 0. The molecule has 0 aromatic carbocycles. The van der Waals surface area contributed by atoms with Gasteiger partial charge in [0, 0.05) is 6.61 Å². The normalized spacial score (nSPS) is 16.3. The van der Waals surface area contributed by atoms with E-state index in [0.717, 1.165) is 6.92 Å². The Morgan fingerprint density at radius 3 is 1.62 bits per heavy atom. The van der Waals surface area contributed by atoms with Crippen molar-refractivity contribution in [2.75, 3.05) is 6.61 Å². The standard InChI is InChI=1S/C7H8F8O/c1-2-16-4(3-5(8,9)10)6(11,12)7(13,14)15/h4H,2-3H2,1H3. The Morgan fingerprint density at radius 2 is 1.38 bits per heavy atom. The number of hydrogen-bond donors (Lipinski definition) is 0. The van der Waals surface area contributed by atoms with Crippen molar-refractivity contribution in [2.45, 2.75) is 37.7 Å². The van der Waals surface area contributed by atoms with Gasteiger partial charge >= 0.3 is 18.3 Å². The summed E-state index contributed by atoms with van der Waals surface area (Å²) in [4.78, 5) is 0. The monoisotopic (exact) mass is 260 g/mol. The summed E-state index contributed by atoms with van der Waals surface area (Å²) < 4.78 is 99.6. The van der Waals surface area contributed by atoms with Crippen LogP contribution in [0.1, 0.15) is 13.3 Å². The second-order valence-electron chi connectivity index (χ2n) is 2.88. The first-order chi connectivity index (χ1) is 6.92. The van der Waals surface area contributed by atoms with Crippen LogP contribution in [0, 0.1) is 0 Å². The third kappa shape index (κ3) is 4.11. The van der Waals surface area contributed by atoms with E-state index in [4.69, 9.17) is 0 Å². The van der Waals surface area contributed by atoms with Gasteiger partial charge < -0.3 is 4.74 Å². The zero-order valence-corrected chi connectivity index (χ0v) is 7.92. The molecule has 0 aliphatic rings. The summed E-state index contributed by atoms with van der Waals surface area (Å²) >= 11 is 0. The summed E-state index contributed by atoms with van der Waals surface area (Å²) in [5, 5.41) is 0. The van der Waals surface area contributed by atoms with E-state index in [9.17, 15) is 35.1 Å². The summed E-state index contributed by atoms with van der Waals surface area (Å²) in [6.07, 6.45) is -16.8. The number of hydrogen-bond acceptors (Lipinski definition) is 1. The average molecular weight is 260 g/mol. The number of alkyl halides is 8. The molecule has 0 fully saturated rings. The van der Waals surface area contributed by atoms with E-state index in [0.29, 0.717) is 0 Å². The minimum absolute atomic E-state index is 0.674. The molecule has 0 heterocycles. The number of rotatable bonds is 4. The van der Waals surface area contributed by atoms with Crippen molar-refractivity contribution in [1.29, 1.82) is 0 Å². The van der Waals surface area contributed by atoms with Crippen LogP contribution in [0.5, 0.6) is 0 Å². The first-order valence-electron chi connectivity index (χ1n) is 4.04. The highest BCUT2D eigenvalue weighted by molar-refractivity contribution is 4.86. The van der Waals surface area contributed by atoms with Crippen LogP contribution in [-0.4, -0.2) is 31.0 Å². The van der Waals surface area contributed by atoms with E-state index in [2.05, 4.69) is 4.74 Å². The number of ether oxygens (including phenoxy) is 1. The molecule has 1 unspecified atom stereocenters. The molecule has 0 aromatic rings. The second kappa shape index (κ2) is 4.72. The van der Waals surface area contributed by atoms with E-state index in [1.165, 1.54) is 0 Å². The minimum atomic E-state index is -6.07. The summed E-state index contributed by atoms with van der Waals surface area (Å²) in [5.41, 5.74) is 0. The van der Waals surface area contributed by atoms with Gasteiger partial charge in [-0.1, -0.05) is 0 Å². The number of halogens is 8. The Morgan fingerprint density at radius 1 is 0.938 bits per heavy atom. The lowest BCUT2D eigenvalue weighted by Crippen LogP contribution is -2.50. The molecular formula is C7H8F8O. The average Bonchev–Trinajstić information content (AvgIpc) is 1.98. The van der Waals surface area contributed by atoms with Gasteiger partial charge in [0.1, 0.15) is 6.10 Å². The fraction of sp³-hybridized carbons (Fsp3) is 1.00. The molecule has 98 valence electrons. The maximum absolute atomic E-state index is 12.6. The van der Waals surface area contributed by atoms with Crippen molar-refractivity contribution >= 4 is 0 Å². The largest absolute Gasteiger partial charge is 0.456 e. The highest BCUT2D eigenvalue weighted by atomic mass is 19.4. The third-order valence-electron chi connectivity index (χ3n) is 1.57. The van der Waals surface area contributed by atoms with Crippen LogP contribution in [0.15, 0.2) is 0 Å². The molecule has 1 nitrogen and oxygen atoms in total. The van der Waals surface area contributed by atoms with E-state index < -0.39 is 37.4 Å². The van der Waals surface area contributed by atoms with Gasteiger partial charge in [0.05, 0.1) is 6.42 Å². The van der Waals surface area contributed by atoms with Gasteiger partial charge in [0.15, 0.2) is 0 Å². The quantitative estimate of drug-likeness (QED) is 0.702. The first-order valence-corrected chi connectivity index (χ1v) is 4.04. The summed E-state index contributed by atoms with van der Waals surface area (Å²) in [6.45, 7) is 0.349. The maximum atomic E-state index is 12.6. The third-order valence-corrected chi connectivity index (χ3v) is 1.57. The molecule has 0 aromatic heterocycles. The van der Waals surface area contributed by atoms with Crippen LogP contribution < -0.4 is 0 Å². The molecule has 0 N–H and O–H groups in total. The molecule has 0 saturated heterocycles. The molecule has 1 atom stereocenters. The Balaban J connectivity index is 4.91. The zero-order chi connectivity index (χ0) is 13.2. The van der Waals surface area contributed by atoms with Crippen molar-refractivity contribution in [1.82, 2.24) is 0 Å². The predicted molar refractivity (Wildman–Crippen MR) is 37.1 cm³/mol. The Kier molecular flexibility index (Phi) is 4.55. The van der Waals surface area contributed by atoms with Crippen molar-refractivity contribution in [3.63, 3.8) is 0 Å². The first kappa shape index (κ1) is 15.4.